The summed E-state index contributed by atoms with van der Waals surface area (Å²) in [6.45, 7) is 2.85. The zero-order valence-corrected chi connectivity index (χ0v) is 12.7. The number of anilines is 3. The summed E-state index contributed by atoms with van der Waals surface area (Å²) in [5, 5.41) is 6.32. The Morgan fingerprint density at radius 1 is 1.21 bits per heavy atom. The molecule has 0 amide bonds. The maximum atomic E-state index is 5.87. The van der Waals surface area contributed by atoms with Crippen molar-refractivity contribution in [3.63, 3.8) is 0 Å². The van der Waals surface area contributed by atoms with Gasteiger partial charge in [0.2, 0.25) is 17.2 Å². The molecule has 7 heteroatoms. The summed E-state index contributed by atoms with van der Waals surface area (Å²) in [7, 11) is 0. The van der Waals surface area contributed by atoms with E-state index in [0.717, 1.165) is 23.1 Å². The predicted octanol–water partition coefficient (Wildman–Crippen LogP) is 3.85. The molecule has 1 heterocycles. The van der Waals surface area contributed by atoms with Gasteiger partial charge in [0.05, 0.1) is 0 Å². The van der Waals surface area contributed by atoms with Crippen molar-refractivity contribution in [2.75, 3.05) is 17.2 Å². The Morgan fingerprint density at radius 3 is 2.74 bits per heavy atom. The van der Waals surface area contributed by atoms with E-state index in [1.54, 1.807) is 0 Å². The van der Waals surface area contributed by atoms with E-state index in [0.29, 0.717) is 11.9 Å². The molecule has 0 saturated carbocycles. The van der Waals surface area contributed by atoms with Gasteiger partial charge in [0.15, 0.2) is 0 Å². The van der Waals surface area contributed by atoms with Gasteiger partial charge in [-0.15, -0.1) is 0 Å². The third kappa shape index (κ3) is 4.33. The van der Waals surface area contributed by atoms with E-state index in [2.05, 4.69) is 48.4 Å². The van der Waals surface area contributed by atoms with E-state index in [1.807, 2.05) is 24.3 Å². The Hall–Kier alpha value is -1.40. The van der Waals surface area contributed by atoms with Gasteiger partial charge in [0.1, 0.15) is 0 Å². The van der Waals surface area contributed by atoms with Crippen LogP contribution in [-0.2, 0) is 0 Å². The molecule has 0 radical (unpaired) electrons. The number of halogens is 2. The summed E-state index contributed by atoms with van der Waals surface area (Å²) >= 11 is 9.28. The largest absolute Gasteiger partial charge is 0.354 e. The standard InChI is InChI=1S/C12H13BrClN5/c1-2-6-15-11-17-10(14)18-12(19-11)16-9-5-3-4-8(13)7-9/h3-5,7H,2,6H2,1H3,(H2,15,16,17,18,19). The van der Waals surface area contributed by atoms with E-state index in [-0.39, 0.29) is 5.28 Å². The highest BCUT2D eigenvalue weighted by molar-refractivity contribution is 9.10. The van der Waals surface area contributed by atoms with Crippen LogP contribution in [0.1, 0.15) is 13.3 Å². The van der Waals surface area contributed by atoms with Gasteiger partial charge < -0.3 is 10.6 Å². The molecule has 2 aromatic rings. The number of nitrogens with one attached hydrogen (secondary N) is 2. The van der Waals surface area contributed by atoms with Crippen molar-refractivity contribution in [2.24, 2.45) is 0 Å². The zero-order valence-electron chi connectivity index (χ0n) is 10.3. The topological polar surface area (TPSA) is 62.7 Å². The third-order valence-electron chi connectivity index (χ3n) is 2.22. The van der Waals surface area contributed by atoms with Crippen molar-refractivity contribution < 1.29 is 0 Å². The van der Waals surface area contributed by atoms with Crippen LogP contribution in [0.15, 0.2) is 28.7 Å². The van der Waals surface area contributed by atoms with E-state index in [4.69, 9.17) is 11.6 Å². The van der Waals surface area contributed by atoms with Gasteiger partial charge in [-0.1, -0.05) is 28.9 Å². The average Bonchev–Trinajstić information content (AvgIpc) is 2.35. The Morgan fingerprint density at radius 2 is 2.00 bits per heavy atom. The van der Waals surface area contributed by atoms with Crippen LogP contribution < -0.4 is 10.6 Å². The molecular formula is C12H13BrClN5. The average molecular weight is 343 g/mol. The highest BCUT2D eigenvalue weighted by Gasteiger charge is 2.05. The van der Waals surface area contributed by atoms with E-state index in [9.17, 15) is 0 Å². The lowest BCUT2D eigenvalue weighted by Gasteiger charge is -2.08. The molecule has 0 spiro atoms. The molecule has 0 aliphatic rings. The van der Waals surface area contributed by atoms with E-state index >= 15 is 0 Å². The van der Waals surface area contributed by atoms with Crippen LogP contribution in [-0.4, -0.2) is 21.5 Å². The second-order valence-corrected chi connectivity index (χ2v) is 5.07. The predicted molar refractivity (Wildman–Crippen MR) is 81.0 cm³/mol. The Bertz CT molecular complexity index is 564. The molecule has 0 unspecified atom stereocenters. The molecule has 5 nitrogen and oxygen atoms in total. The normalized spacial score (nSPS) is 10.3. The van der Waals surface area contributed by atoms with Crippen molar-refractivity contribution in [3.05, 3.63) is 34.0 Å². The second-order valence-electron chi connectivity index (χ2n) is 3.81. The maximum absolute atomic E-state index is 5.87. The summed E-state index contributed by atoms with van der Waals surface area (Å²) in [4.78, 5) is 12.3. The van der Waals surface area contributed by atoms with Crippen LogP contribution in [0.4, 0.5) is 17.6 Å². The Labute approximate surface area is 125 Å². The van der Waals surface area contributed by atoms with Gasteiger partial charge in [0.25, 0.3) is 0 Å². The maximum Gasteiger partial charge on any atom is 0.233 e. The second kappa shape index (κ2) is 6.68. The van der Waals surface area contributed by atoms with Crippen LogP contribution in [0.5, 0.6) is 0 Å². The number of benzene rings is 1. The van der Waals surface area contributed by atoms with Gasteiger partial charge in [-0.05, 0) is 36.2 Å². The molecular weight excluding hydrogens is 330 g/mol. The minimum atomic E-state index is 0.158. The first kappa shape index (κ1) is 14.0. The van der Waals surface area contributed by atoms with Crippen LogP contribution in [0.25, 0.3) is 0 Å². The van der Waals surface area contributed by atoms with Gasteiger partial charge in [-0.25, -0.2) is 0 Å². The Kier molecular flexibility index (Phi) is 4.93. The lowest BCUT2D eigenvalue weighted by atomic mass is 10.3. The fraction of sp³-hybridized carbons (Fsp3) is 0.250. The quantitative estimate of drug-likeness (QED) is 0.864. The first-order valence-electron chi connectivity index (χ1n) is 5.85. The van der Waals surface area contributed by atoms with Crippen molar-refractivity contribution in [2.45, 2.75) is 13.3 Å². The first-order valence-corrected chi connectivity index (χ1v) is 7.02. The first-order chi connectivity index (χ1) is 9.17. The summed E-state index contributed by atoms with van der Waals surface area (Å²) in [5.41, 5.74) is 0.873. The SMILES string of the molecule is CCCNc1nc(Cl)nc(Nc2cccc(Br)c2)n1. The summed E-state index contributed by atoms with van der Waals surface area (Å²) in [5.74, 6) is 0.885. The molecule has 0 atom stereocenters. The molecule has 0 saturated heterocycles. The minimum Gasteiger partial charge on any atom is -0.354 e. The van der Waals surface area contributed by atoms with Crippen molar-refractivity contribution in [3.8, 4) is 0 Å². The van der Waals surface area contributed by atoms with E-state index < -0.39 is 0 Å². The molecule has 0 bridgehead atoms. The number of nitrogens with zero attached hydrogens (tertiary/aromatic N) is 3. The lowest BCUT2D eigenvalue weighted by molar-refractivity contribution is 0.940. The summed E-state index contributed by atoms with van der Waals surface area (Å²) < 4.78 is 0.974. The van der Waals surface area contributed by atoms with Crippen LogP contribution in [0.3, 0.4) is 0 Å². The van der Waals surface area contributed by atoms with Gasteiger partial charge in [-0.2, -0.15) is 15.0 Å². The Balaban J connectivity index is 2.17. The zero-order chi connectivity index (χ0) is 13.7. The van der Waals surface area contributed by atoms with E-state index in [1.165, 1.54) is 0 Å². The van der Waals surface area contributed by atoms with Gasteiger partial charge in [0, 0.05) is 16.7 Å². The monoisotopic (exact) mass is 341 g/mol. The van der Waals surface area contributed by atoms with Gasteiger partial charge >= 0.3 is 0 Å². The molecule has 2 N–H and O–H groups in total. The number of hydrogen-bond acceptors (Lipinski definition) is 5. The summed E-state index contributed by atoms with van der Waals surface area (Å²) in [6.07, 6.45) is 0.984. The smallest absolute Gasteiger partial charge is 0.233 e. The molecule has 19 heavy (non-hydrogen) atoms. The molecule has 1 aromatic heterocycles. The van der Waals surface area contributed by atoms with Crippen molar-refractivity contribution in [1.82, 2.24) is 15.0 Å². The van der Waals surface area contributed by atoms with Crippen LogP contribution >= 0.6 is 27.5 Å². The third-order valence-corrected chi connectivity index (χ3v) is 2.88. The number of aromatic nitrogens is 3. The molecule has 0 aliphatic carbocycles. The molecule has 2 rings (SSSR count). The number of rotatable bonds is 5. The molecule has 0 fully saturated rings. The minimum absolute atomic E-state index is 0.158. The lowest BCUT2D eigenvalue weighted by Crippen LogP contribution is -2.07. The fourth-order valence-electron chi connectivity index (χ4n) is 1.42. The molecule has 0 aliphatic heterocycles. The number of hydrogen-bond donors (Lipinski definition) is 2. The van der Waals surface area contributed by atoms with Gasteiger partial charge in [-0.3, -0.25) is 0 Å². The molecule has 1 aromatic carbocycles. The van der Waals surface area contributed by atoms with Crippen molar-refractivity contribution in [1.29, 1.82) is 0 Å². The highest BCUT2D eigenvalue weighted by Crippen LogP contribution is 2.19. The fourth-order valence-corrected chi connectivity index (χ4v) is 1.98. The van der Waals surface area contributed by atoms with Crippen LogP contribution in [0, 0.1) is 0 Å². The van der Waals surface area contributed by atoms with Crippen LogP contribution in [0.2, 0.25) is 5.28 Å². The summed E-state index contributed by atoms with van der Waals surface area (Å²) in [6, 6.07) is 7.71. The van der Waals surface area contributed by atoms with Crippen molar-refractivity contribution >= 4 is 45.1 Å². The molecule has 100 valence electrons. The highest BCUT2D eigenvalue weighted by atomic mass is 79.9.